The number of aryl methyl sites for hydroxylation is 1. The second kappa shape index (κ2) is 10.1. The van der Waals surface area contributed by atoms with Crippen LogP contribution in [0.4, 0.5) is 4.39 Å². The highest BCUT2D eigenvalue weighted by atomic mass is 19.1. The van der Waals surface area contributed by atoms with E-state index in [4.69, 9.17) is 4.74 Å². The van der Waals surface area contributed by atoms with Crippen molar-refractivity contribution in [2.75, 3.05) is 39.4 Å². The summed E-state index contributed by atoms with van der Waals surface area (Å²) in [5.41, 5.74) is 0.311. The number of guanidine groups is 1. The maximum absolute atomic E-state index is 13.8. The van der Waals surface area contributed by atoms with Gasteiger partial charge in [-0.05, 0) is 19.1 Å². The number of nitrogens with zero attached hydrogens (tertiary/aromatic N) is 6. The molecule has 152 valence electrons. The summed E-state index contributed by atoms with van der Waals surface area (Å²) >= 11 is 0. The number of hydrogen-bond acceptors (Lipinski definition) is 6. The average molecular weight is 390 g/mol. The molecule has 3 heterocycles. The van der Waals surface area contributed by atoms with E-state index in [1.807, 2.05) is 18.5 Å². The molecule has 0 radical (unpaired) electrons. The molecule has 0 saturated carbocycles. The molecule has 2 aromatic rings. The molecule has 0 unspecified atom stereocenters. The van der Waals surface area contributed by atoms with E-state index >= 15 is 0 Å². The van der Waals surface area contributed by atoms with E-state index in [1.165, 1.54) is 6.07 Å². The summed E-state index contributed by atoms with van der Waals surface area (Å²) in [6.45, 7) is 7.50. The maximum Gasteiger partial charge on any atom is 0.192 e. The molecule has 0 atom stereocenters. The van der Waals surface area contributed by atoms with Gasteiger partial charge in [-0.15, -0.1) is 10.2 Å². The van der Waals surface area contributed by atoms with Crippen LogP contribution in [0.5, 0.6) is 0 Å². The van der Waals surface area contributed by atoms with Gasteiger partial charge in [0.1, 0.15) is 11.6 Å². The van der Waals surface area contributed by atoms with Crippen LogP contribution in [0.1, 0.15) is 17.3 Å². The molecule has 0 aliphatic carbocycles. The van der Waals surface area contributed by atoms with Gasteiger partial charge >= 0.3 is 0 Å². The number of pyridine rings is 1. The Bertz CT molecular complexity index is 788. The van der Waals surface area contributed by atoms with Gasteiger partial charge in [0.05, 0.1) is 32.0 Å². The molecule has 1 fully saturated rings. The van der Waals surface area contributed by atoms with Crippen molar-refractivity contribution in [3.05, 3.63) is 41.5 Å². The Morgan fingerprint density at radius 2 is 2.11 bits per heavy atom. The Kier molecular flexibility index (Phi) is 7.26. The number of rotatable bonds is 7. The largest absolute Gasteiger partial charge is 0.379 e. The second-order valence-electron chi connectivity index (χ2n) is 6.55. The SMILES string of the molecule is Cc1nnc(CNC(=NCc2ncccc2F)NCCN2CCOCC2)n1C. The van der Waals surface area contributed by atoms with Crippen molar-refractivity contribution in [2.45, 2.75) is 20.0 Å². The first-order chi connectivity index (χ1) is 13.6. The Balaban J connectivity index is 1.59. The van der Waals surface area contributed by atoms with E-state index in [1.54, 1.807) is 12.3 Å². The second-order valence-corrected chi connectivity index (χ2v) is 6.55. The first-order valence-corrected chi connectivity index (χ1v) is 9.40. The quantitative estimate of drug-likeness (QED) is 0.516. The molecule has 1 aliphatic heterocycles. The summed E-state index contributed by atoms with van der Waals surface area (Å²) in [7, 11) is 1.91. The molecule has 28 heavy (non-hydrogen) atoms. The molecular formula is C18H27FN8O. The smallest absolute Gasteiger partial charge is 0.192 e. The fourth-order valence-corrected chi connectivity index (χ4v) is 2.79. The van der Waals surface area contributed by atoms with Crippen LogP contribution in [0.2, 0.25) is 0 Å². The first-order valence-electron chi connectivity index (χ1n) is 9.40. The molecule has 0 bridgehead atoms. The molecule has 3 rings (SSSR count). The van der Waals surface area contributed by atoms with Gasteiger partial charge in [-0.25, -0.2) is 9.38 Å². The van der Waals surface area contributed by atoms with Gasteiger partial charge in [0.25, 0.3) is 0 Å². The molecule has 0 aromatic carbocycles. The highest BCUT2D eigenvalue weighted by Gasteiger charge is 2.11. The summed E-state index contributed by atoms with van der Waals surface area (Å²) in [6, 6.07) is 2.96. The van der Waals surface area contributed by atoms with Gasteiger partial charge < -0.3 is 19.9 Å². The predicted molar refractivity (Wildman–Crippen MR) is 103 cm³/mol. The highest BCUT2D eigenvalue weighted by Crippen LogP contribution is 2.04. The van der Waals surface area contributed by atoms with Crippen LogP contribution in [-0.4, -0.2) is 70.0 Å². The van der Waals surface area contributed by atoms with Gasteiger partial charge in [0.2, 0.25) is 0 Å². The third kappa shape index (κ3) is 5.70. The first kappa shape index (κ1) is 20.2. The lowest BCUT2D eigenvalue weighted by Gasteiger charge is -2.26. The molecule has 10 heteroatoms. The lowest BCUT2D eigenvalue weighted by molar-refractivity contribution is 0.0389. The van der Waals surface area contributed by atoms with E-state index in [9.17, 15) is 4.39 Å². The van der Waals surface area contributed by atoms with Crippen LogP contribution in [0.15, 0.2) is 23.3 Å². The van der Waals surface area contributed by atoms with Crippen molar-refractivity contribution in [3.8, 4) is 0 Å². The molecule has 2 N–H and O–H groups in total. The summed E-state index contributed by atoms with van der Waals surface area (Å²) in [6.07, 6.45) is 1.56. The van der Waals surface area contributed by atoms with Crippen molar-refractivity contribution in [2.24, 2.45) is 12.0 Å². The maximum atomic E-state index is 13.8. The third-order valence-corrected chi connectivity index (χ3v) is 4.64. The minimum Gasteiger partial charge on any atom is -0.379 e. The van der Waals surface area contributed by atoms with Gasteiger partial charge in [-0.3, -0.25) is 9.88 Å². The fraction of sp³-hybridized carbons (Fsp3) is 0.556. The van der Waals surface area contributed by atoms with Crippen molar-refractivity contribution < 1.29 is 9.13 Å². The molecule has 9 nitrogen and oxygen atoms in total. The molecule has 1 aliphatic rings. The Morgan fingerprint density at radius 3 is 2.82 bits per heavy atom. The molecule has 1 saturated heterocycles. The summed E-state index contributed by atoms with van der Waals surface area (Å²) in [5.74, 6) is 1.86. The number of ether oxygens (including phenoxy) is 1. The zero-order valence-electron chi connectivity index (χ0n) is 16.4. The van der Waals surface area contributed by atoms with Crippen LogP contribution < -0.4 is 10.6 Å². The Labute approximate surface area is 164 Å². The van der Waals surface area contributed by atoms with Gasteiger partial charge in [-0.2, -0.15) is 0 Å². The zero-order chi connectivity index (χ0) is 19.8. The monoisotopic (exact) mass is 390 g/mol. The van der Waals surface area contributed by atoms with Crippen molar-refractivity contribution in [1.82, 2.24) is 35.3 Å². The minimum atomic E-state index is -0.358. The van der Waals surface area contributed by atoms with Crippen LogP contribution in [0.3, 0.4) is 0 Å². The summed E-state index contributed by atoms with van der Waals surface area (Å²) in [4.78, 5) is 10.9. The van der Waals surface area contributed by atoms with Crippen LogP contribution in [0, 0.1) is 12.7 Å². The molecule has 2 aromatic heterocycles. The predicted octanol–water partition coefficient (Wildman–Crippen LogP) is 0.225. The molecule has 0 spiro atoms. The Morgan fingerprint density at radius 1 is 1.29 bits per heavy atom. The number of morpholine rings is 1. The Hall–Kier alpha value is -2.59. The van der Waals surface area contributed by atoms with Gasteiger partial charge in [-0.1, -0.05) is 0 Å². The fourth-order valence-electron chi connectivity index (χ4n) is 2.79. The normalized spacial score (nSPS) is 15.6. The summed E-state index contributed by atoms with van der Waals surface area (Å²) in [5, 5.41) is 14.7. The van der Waals surface area contributed by atoms with E-state index < -0.39 is 0 Å². The minimum absolute atomic E-state index is 0.150. The number of halogens is 1. The van der Waals surface area contributed by atoms with E-state index in [0.717, 1.165) is 44.5 Å². The van der Waals surface area contributed by atoms with E-state index in [-0.39, 0.29) is 12.4 Å². The molecule has 0 amide bonds. The summed E-state index contributed by atoms with van der Waals surface area (Å²) < 4.78 is 21.1. The average Bonchev–Trinajstić information content (AvgIpc) is 3.03. The number of aromatic nitrogens is 4. The highest BCUT2D eigenvalue weighted by molar-refractivity contribution is 5.79. The van der Waals surface area contributed by atoms with E-state index in [0.29, 0.717) is 24.7 Å². The van der Waals surface area contributed by atoms with Gasteiger partial charge in [0.15, 0.2) is 11.8 Å². The van der Waals surface area contributed by atoms with Crippen LogP contribution in [-0.2, 0) is 24.9 Å². The van der Waals surface area contributed by atoms with Crippen molar-refractivity contribution in [1.29, 1.82) is 0 Å². The lowest BCUT2D eigenvalue weighted by atomic mass is 10.3. The number of hydrogen-bond donors (Lipinski definition) is 2. The zero-order valence-corrected chi connectivity index (χ0v) is 16.4. The lowest BCUT2D eigenvalue weighted by Crippen LogP contribution is -2.44. The standard InChI is InChI=1S/C18H27FN8O/c1-14-24-25-17(26(14)2)13-23-18(21-6-7-27-8-10-28-11-9-27)22-12-16-15(19)4-3-5-20-16/h3-5H,6-13H2,1-2H3,(H2,21,22,23). The number of aliphatic imine (C=N–C) groups is 1. The van der Waals surface area contributed by atoms with Crippen LogP contribution >= 0.6 is 0 Å². The van der Waals surface area contributed by atoms with Crippen molar-refractivity contribution in [3.63, 3.8) is 0 Å². The topological polar surface area (TPSA) is 92.5 Å². The van der Waals surface area contributed by atoms with E-state index in [2.05, 4.69) is 35.7 Å². The number of nitrogens with one attached hydrogen (secondary N) is 2. The van der Waals surface area contributed by atoms with Gasteiger partial charge in [0, 0.05) is 39.4 Å². The van der Waals surface area contributed by atoms with Crippen molar-refractivity contribution >= 4 is 5.96 Å². The third-order valence-electron chi connectivity index (χ3n) is 4.64. The van der Waals surface area contributed by atoms with Crippen LogP contribution in [0.25, 0.3) is 0 Å². The molecular weight excluding hydrogens is 363 g/mol.